The number of hydrogen-bond donors (Lipinski definition) is 2. The first kappa shape index (κ1) is 12.9. The van der Waals surface area contributed by atoms with Gasteiger partial charge in [0.1, 0.15) is 5.82 Å². The molecule has 1 rings (SSSR count). The van der Waals surface area contributed by atoms with Crippen LogP contribution in [-0.2, 0) is 10.0 Å². The van der Waals surface area contributed by atoms with Gasteiger partial charge in [-0.05, 0) is 31.5 Å². The molecular formula is C10H15FN2O2S. The van der Waals surface area contributed by atoms with E-state index >= 15 is 0 Å². The van der Waals surface area contributed by atoms with Gasteiger partial charge in [-0.25, -0.2) is 17.5 Å². The fourth-order valence-electron chi connectivity index (χ4n) is 1.16. The third-order valence-electron chi connectivity index (χ3n) is 2.17. The summed E-state index contributed by atoms with van der Waals surface area (Å²) in [6, 6.07) is 3.05. The number of sulfonamides is 1. The van der Waals surface area contributed by atoms with E-state index in [4.69, 9.17) is 5.73 Å². The minimum Gasteiger partial charge on any atom is -0.399 e. The molecule has 1 aromatic rings. The summed E-state index contributed by atoms with van der Waals surface area (Å²) >= 11 is 0. The smallest absolute Gasteiger partial charge is 0.240 e. The van der Waals surface area contributed by atoms with Crippen molar-refractivity contribution in [3.63, 3.8) is 0 Å². The topological polar surface area (TPSA) is 72.2 Å². The van der Waals surface area contributed by atoms with Gasteiger partial charge in [0, 0.05) is 11.7 Å². The number of hydrogen-bond acceptors (Lipinski definition) is 3. The lowest BCUT2D eigenvalue weighted by atomic mass is 10.3. The molecule has 1 aromatic carbocycles. The van der Waals surface area contributed by atoms with E-state index in [0.29, 0.717) is 6.42 Å². The van der Waals surface area contributed by atoms with Crippen molar-refractivity contribution in [2.75, 3.05) is 5.73 Å². The molecule has 0 heterocycles. The zero-order chi connectivity index (χ0) is 12.3. The molecule has 0 aromatic heterocycles. The Balaban J connectivity index is 3.07. The largest absolute Gasteiger partial charge is 0.399 e. The van der Waals surface area contributed by atoms with Crippen molar-refractivity contribution < 1.29 is 12.8 Å². The molecule has 0 aliphatic heterocycles. The van der Waals surface area contributed by atoms with E-state index in [2.05, 4.69) is 4.72 Å². The van der Waals surface area contributed by atoms with Crippen molar-refractivity contribution in [3.8, 4) is 0 Å². The Morgan fingerprint density at radius 1 is 1.44 bits per heavy atom. The molecule has 0 spiro atoms. The van der Waals surface area contributed by atoms with E-state index in [0.717, 1.165) is 12.1 Å². The molecular weight excluding hydrogens is 231 g/mol. The number of benzene rings is 1. The number of nitrogen functional groups attached to an aromatic ring is 1. The summed E-state index contributed by atoms with van der Waals surface area (Å²) in [5.74, 6) is -0.662. The summed E-state index contributed by atoms with van der Waals surface area (Å²) in [5, 5.41) is 0. The summed E-state index contributed by atoms with van der Waals surface area (Å²) < 4.78 is 39.0. The second-order valence-electron chi connectivity index (χ2n) is 3.65. The van der Waals surface area contributed by atoms with Gasteiger partial charge >= 0.3 is 0 Å². The van der Waals surface area contributed by atoms with Crippen LogP contribution in [0.4, 0.5) is 10.1 Å². The third kappa shape index (κ3) is 3.18. The summed E-state index contributed by atoms with van der Waals surface area (Å²) in [7, 11) is -3.69. The second-order valence-corrected chi connectivity index (χ2v) is 5.36. The van der Waals surface area contributed by atoms with Gasteiger partial charge in [-0.2, -0.15) is 0 Å². The van der Waals surface area contributed by atoms with Crippen LogP contribution in [0.2, 0.25) is 0 Å². The molecule has 0 aliphatic rings. The predicted octanol–water partition coefficient (Wildman–Crippen LogP) is 1.48. The standard InChI is InChI=1S/C10H15FN2O2S/c1-3-7(2)13-16(14,15)10-5-8(11)4-9(12)6-10/h4-7,13H,3,12H2,1-2H3. The Morgan fingerprint density at radius 2 is 2.06 bits per heavy atom. The maximum atomic E-state index is 13.0. The summed E-state index contributed by atoms with van der Waals surface area (Å²) in [5.41, 5.74) is 5.47. The Bertz CT molecular complexity index is 453. The van der Waals surface area contributed by atoms with Crippen LogP contribution in [0.15, 0.2) is 23.1 Å². The van der Waals surface area contributed by atoms with Crippen molar-refractivity contribution in [2.24, 2.45) is 0 Å². The van der Waals surface area contributed by atoms with Crippen LogP contribution < -0.4 is 10.5 Å². The van der Waals surface area contributed by atoms with Crippen molar-refractivity contribution in [1.29, 1.82) is 0 Å². The minimum absolute atomic E-state index is 0.0875. The Kier molecular flexibility index (Phi) is 3.88. The minimum atomic E-state index is -3.69. The highest BCUT2D eigenvalue weighted by Gasteiger charge is 2.17. The van der Waals surface area contributed by atoms with E-state index in [9.17, 15) is 12.8 Å². The van der Waals surface area contributed by atoms with E-state index < -0.39 is 15.8 Å². The Morgan fingerprint density at radius 3 is 2.56 bits per heavy atom. The van der Waals surface area contributed by atoms with Gasteiger partial charge in [-0.15, -0.1) is 0 Å². The van der Waals surface area contributed by atoms with Crippen LogP contribution >= 0.6 is 0 Å². The first-order chi connectivity index (χ1) is 7.35. The first-order valence-electron chi connectivity index (χ1n) is 4.93. The molecule has 1 atom stereocenters. The third-order valence-corrected chi connectivity index (χ3v) is 3.74. The van der Waals surface area contributed by atoms with Crippen LogP contribution in [-0.4, -0.2) is 14.5 Å². The van der Waals surface area contributed by atoms with Gasteiger partial charge in [0.2, 0.25) is 10.0 Å². The van der Waals surface area contributed by atoms with Crippen LogP contribution in [0.1, 0.15) is 20.3 Å². The Hall–Kier alpha value is -1.14. The lowest BCUT2D eigenvalue weighted by molar-refractivity contribution is 0.553. The van der Waals surface area contributed by atoms with Gasteiger partial charge in [-0.1, -0.05) is 6.92 Å². The first-order valence-corrected chi connectivity index (χ1v) is 6.42. The van der Waals surface area contributed by atoms with Crippen molar-refractivity contribution in [1.82, 2.24) is 4.72 Å². The fraction of sp³-hybridized carbons (Fsp3) is 0.400. The quantitative estimate of drug-likeness (QED) is 0.790. The van der Waals surface area contributed by atoms with Gasteiger partial charge in [0.25, 0.3) is 0 Å². The van der Waals surface area contributed by atoms with Gasteiger partial charge < -0.3 is 5.73 Å². The summed E-state index contributed by atoms with van der Waals surface area (Å²) in [4.78, 5) is -0.148. The van der Waals surface area contributed by atoms with Crippen LogP contribution in [0.25, 0.3) is 0 Å². The van der Waals surface area contributed by atoms with Crippen LogP contribution in [0, 0.1) is 5.82 Å². The highest BCUT2D eigenvalue weighted by molar-refractivity contribution is 7.89. The lowest BCUT2D eigenvalue weighted by Crippen LogP contribution is -2.32. The molecule has 6 heteroatoms. The molecule has 0 fully saturated rings. The van der Waals surface area contributed by atoms with Crippen molar-refractivity contribution in [3.05, 3.63) is 24.0 Å². The molecule has 0 bridgehead atoms. The van der Waals surface area contributed by atoms with E-state index in [1.807, 2.05) is 6.92 Å². The van der Waals surface area contributed by atoms with Gasteiger partial charge in [0.15, 0.2) is 0 Å². The second kappa shape index (κ2) is 4.80. The molecule has 0 saturated carbocycles. The average Bonchev–Trinajstić information content (AvgIpc) is 2.15. The molecule has 0 radical (unpaired) electrons. The molecule has 1 unspecified atom stereocenters. The van der Waals surface area contributed by atoms with Crippen LogP contribution in [0.5, 0.6) is 0 Å². The summed E-state index contributed by atoms with van der Waals surface area (Å²) in [6.45, 7) is 3.59. The lowest BCUT2D eigenvalue weighted by Gasteiger charge is -2.12. The van der Waals surface area contributed by atoms with Gasteiger partial charge in [0.05, 0.1) is 4.90 Å². The Labute approximate surface area is 94.7 Å². The number of halogens is 1. The molecule has 16 heavy (non-hydrogen) atoms. The normalized spacial score (nSPS) is 13.7. The van der Waals surface area contributed by atoms with Crippen molar-refractivity contribution in [2.45, 2.75) is 31.2 Å². The highest BCUT2D eigenvalue weighted by atomic mass is 32.2. The SMILES string of the molecule is CCC(C)NS(=O)(=O)c1cc(N)cc(F)c1. The maximum absolute atomic E-state index is 13.0. The monoisotopic (exact) mass is 246 g/mol. The molecule has 0 saturated heterocycles. The molecule has 0 aliphatic carbocycles. The highest BCUT2D eigenvalue weighted by Crippen LogP contribution is 2.16. The van der Waals surface area contributed by atoms with Crippen LogP contribution in [0.3, 0.4) is 0 Å². The number of anilines is 1. The maximum Gasteiger partial charge on any atom is 0.240 e. The van der Waals surface area contributed by atoms with Crippen molar-refractivity contribution >= 4 is 15.7 Å². The molecule has 4 nitrogen and oxygen atoms in total. The average molecular weight is 246 g/mol. The fourth-order valence-corrected chi connectivity index (χ4v) is 2.55. The summed E-state index contributed by atoms with van der Waals surface area (Å²) in [6.07, 6.45) is 0.657. The molecule has 3 N–H and O–H groups in total. The predicted molar refractivity (Wildman–Crippen MR) is 60.9 cm³/mol. The molecule has 0 amide bonds. The van der Waals surface area contributed by atoms with E-state index in [1.165, 1.54) is 6.07 Å². The number of rotatable bonds is 4. The number of nitrogens with one attached hydrogen (secondary N) is 1. The number of nitrogens with two attached hydrogens (primary N) is 1. The molecule has 90 valence electrons. The zero-order valence-corrected chi connectivity index (χ0v) is 10.0. The zero-order valence-electron chi connectivity index (χ0n) is 9.20. The van der Waals surface area contributed by atoms with E-state index in [1.54, 1.807) is 6.92 Å². The van der Waals surface area contributed by atoms with Gasteiger partial charge in [-0.3, -0.25) is 0 Å². The van der Waals surface area contributed by atoms with E-state index in [-0.39, 0.29) is 16.6 Å².